The van der Waals surface area contributed by atoms with E-state index < -0.39 is 0 Å². The van der Waals surface area contributed by atoms with Crippen molar-refractivity contribution in [3.05, 3.63) is 64.4 Å². The molecule has 3 rings (SSSR count). The topological polar surface area (TPSA) is 36.1 Å². The van der Waals surface area contributed by atoms with Crippen molar-refractivity contribution in [1.82, 2.24) is 9.88 Å². The maximum atomic E-state index is 12.7. The van der Waals surface area contributed by atoms with Crippen molar-refractivity contribution in [3.63, 3.8) is 0 Å². The number of amides is 1. The van der Waals surface area contributed by atoms with Crippen molar-refractivity contribution in [2.75, 3.05) is 6.54 Å². The maximum absolute atomic E-state index is 12.7. The molecule has 1 aliphatic heterocycles. The van der Waals surface area contributed by atoms with E-state index in [0.29, 0.717) is 0 Å². The molecule has 0 unspecified atom stereocenters. The minimum atomic E-state index is 0.114. The fourth-order valence-electron chi connectivity index (χ4n) is 2.90. The lowest BCUT2D eigenvalue weighted by molar-refractivity contribution is 0.0611. The molecule has 0 spiro atoms. The number of hydrogen-bond donors (Lipinski definition) is 1. The first-order chi connectivity index (χ1) is 10.3. The molecule has 1 aromatic heterocycles. The van der Waals surface area contributed by atoms with E-state index in [1.165, 1.54) is 0 Å². The van der Waals surface area contributed by atoms with Gasteiger partial charge in [0.1, 0.15) is 4.64 Å². The minimum absolute atomic E-state index is 0.114. The minimum Gasteiger partial charge on any atom is -0.353 e. The number of aromatic amines is 1. The molecule has 1 aromatic carbocycles. The number of carbonyl (C=O) groups excluding carboxylic acids is 1. The van der Waals surface area contributed by atoms with Gasteiger partial charge in [0.05, 0.1) is 6.04 Å². The lowest BCUT2D eigenvalue weighted by Crippen LogP contribution is -2.38. The highest BCUT2D eigenvalue weighted by Crippen LogP contribution is 2.31. The molecule has 1 fully saturated rings. The molecule has 2 aromatic rings. The zero-order valence-electron chi connectivity index (χ0n) is 11.8. The summed E-state index contributed by atoms with van der Waals surface area (Å²) in [5.41, 5.74) is 1.89. The van der Waals surface area contributed by atoms with Crippen LogP contribution < -0.4 is 0 Å². The van der Waals surface area contributed by atoms with Gasteiger partial charge in [-0.3, -0.25) is 4.79 Å². The third-order valence-corrected chi connectivity index (χ3v) is 4.23. The van der Waals surface area contributed by atoms with E-state index in [1.807, 2.05) is 53.6 Å². The van der Waals surface area contributed by atoms with Gasteiger partial charge >= 0.3 is 0 Å². The van der Waals surface area contributed by atoms with Crippen LogP contribution in [-0.4, -0.2) is 22.3 Å². The first kappa shape index (κ1) is 14.0. The number of hydrogen-bond acceptors (Lipinski definition) is 2. The number of piperidine rings is 1. The van der Waals surface area contributed by atoms with Crippen LogP contribution in [0.25, 0.3) is 0 Å². The van der Waals surface area contributed by atoms with E-state index >= 15 is 0 Å². The maximum Gasteiger partial charge on any atom is 0.254 e. The molecule has 4 heteroatoms. The zero-order chi connectivity index (χ0) is 14.7. The van der Waals surface area contributed by atoms with Crippen LogP contribution in [0.5, 0.6) is 0 Å². The largest absolute Gasteiger partial charge is 0.353 e. The third-order valence-electron chi connectivity index (χ3n) is 3.98. The number of benzene rings is 1. The van der Waals surface area contributed by atoms with Gasteiger partial charge in [-0.05, 0) is 43.0 Å². The fourth-order valence-corrected chi connectivity index (χ4v) is 3.02. The van der Waals surface area contributed by atoms with Crippen molar-refractivity contribution in [3.8, 4) is 0 Å². The second kappa shape index (κ2) is 6.22. The summed E-state index contributed by atoms with van der Waals surface area (Å²) in [7, 11) is 0. The summed E-state index contributed by atoms with van der Waals surface area (Å²) in [5.74, 6) is 0.114. The van der Waals surface area contributed by atoms with Gasteiger partial charge in [0.2, 0.25) is 0 Å². The Hall–Kier alpha value is -1.94. The van der Waals surface area contributed by atoms with Gasteiger partial charge in [-0.25, -0.2) is 0 Å². The standard InChI is InChI=1S/C17H18N2OS/c20-17(13-6-2-1-3-7-13)19-11-5-4-8-15(19)14-9-10-16(21)18-12-14/h1-3,6-7,9-10,12,15H,4-5,8,11H2,(H,18,21)/t15-/m1/s1. The van der Waals surface area contributed by atoms with Crippen LogP contribution in [-0.2, 0) is 0 Å². The second-order valence-electron chi connectivity index (χ2n) is 5.36. The van der Waals surface area contributed by atoms with Gasteiger partial charge in [0.25, 0.3) is 5.91 Å². The van der Waals surface area contributed by atoms with Crippen LogP contribution in [0, 0.1) is 4.64 Å². The van der Waals surface area contributed by atoms with Crippen LogP contribution in [0.3, 0.4) is 0 Å². The molecule has 1 amide bonds. The summed E-state index contributed by atoms with van der Waals surface area (Å²) in [6.45, 7) is 0.814. The second-order valence-corrected chi connectivity index (χ2v) is 5.80. The van der Waals surface area contributed by atoms with Crippen molar-refractivity contribution in [2.24, 2.45) is 0 Å². The van der Waals surface area contributed by atoms with Gasteiger partial charge < -0.3 is 9.88 Å². The van der Waals surface area contributed by atoms with Gasteiger partial charge in [-0.2, -0.15) is 0 Å². The summed E-state index contributed by atoms with van der Waals surface area (Å²) < 4.78 is 0.718. The predicted molar refractivity (Wildman–Crippen MR) is 85.7 cm³/mol. The number of nitrogens with zero attached hydrogens (tertiary/aromatic N) is 1. The average Bonchev–Trinajstić information content (AvgIpc) is 2.56. The van der Waals surface area contributed by atoms with Crippen LogP contribution in [0.4, 0.5) is 0 Å². The van der Waals surface area contributed by atoms with Gasteiger partial charge in [0.15, 0.2) is 0 Å². The average molecular weight is 298 g/mol. The van der Waals surface area contributed by atoms with E-state index in [0.717, 1.165) is 41.6 Å². The summed E-state index contributed by atoms with van der Waals surface area (Å²) in [6.07, 6.45) is 5.16. The molecule has 1 atom stereocenters. The first-order valence-electron chi connectivity index (χ1n) is 7.30. The predicted octanol–water partition coefficient (Wildman–Crippen LogP) is 4.11. The molecule has 0 radical (unpaired) electrons. The lowest BCUT2D eigenvalue weighted by Gasteiger charge is -2.36. The molecular weight excluding hydrogens is 280 g/mol. The van der Waals surface area contributed by atoms with Crippen LogP contribution in [0.1, 0.15) is 41.2 Å². The van der Waals surface area contributed by atoms with Crippen molar-refractivity contribution in [1.29, 1.82) is 0 Å². The number of aromatic nitrogens is 1. The lowest BCUT2D eigenvalue weighted by atomic mass is 9.95. The highest BCUT2D eigenvalue weighted by atomic mass is 32.1. The van der Waals surface area contributed by atoms with E-state index in [4.69, 9.17) is 12.2 Å². The Morgan fingerprint density at radius 1 is 1.14 bits per heavy atom. The van der Waals surface area contributed by atoms with Crippen LogP contribution in [0.15, 0.2) is 48.7 Å². The summed E-state index contributed by atoms with van der Waals surface area (Å²) >= 11 is 5.09. The number of H-pyrrole nitrogens is 1. The number of nitrogens with one attached hydrogen (secondary N) is 1. The smallest absolute Gasteiger partial charge is 0.254 e. The normalized spacial score (nSPS) is 18.5. The van der Waals surface area contributed by atoms with Crippen molar-refractivity contribution < 1.29 is 4.79 Å². The highest BCUT2D eigenvalue weighted by Gasteiger charge is 2.28. The number of rotatable bonds is 2. The molecule has 21 heavy (non-hydrogen) atoms. The quantitative estimate of drug-likeness (QED) is 0.847. The molecule has 108 valence electrons. The Balaban J connectivity index is 1.89. The summed E-state index contributed by atoms with van der Waals surface area (Å²) in [5, 5.41) is 0. The molecule has 3 nitrogen and oxygen atoms in total. The van der Waals surface area contributed by atoms with E-state index in [9.17, 15) is 4.79 Å². The molecular formula is C17H18N2OS. The Labute approximate surface area is 129 Å². The zero-order valence-corrected chi connectivity index (χ0v) is 12.6. The monoisotopic (exact) mass is 298 g/mol. The first-order valence-corrected chi connectivity index (χ1v) is 7.71. The van der Waals surface area contributed by atoms with E-state index in [1.54, 1.807) is 0 Å². The Bertz CT molecular complexity index is 660. The summed E-state index contributed by atoms with van der Waals surface area (Å²) in [6, 6.07) is 13.6. The Kier molecular flexibility index (Phi) is 4.15. The summed E-state index contributed by atoms with van der Waals surface area (Å²) in [4.78, 5) is 17.8. The van der Waals surface area contributed by atoms with Gasteiger partial charge in [0, 0.05) is 18.3 Å². The molecule has 0 saturated carbocycles. The van der Waals surface area contributed by atoms with Crippen molar-refractivity contribution >= 4 is 18.1 Å². The number of pyridine rings is 1. The van der Waals surface area contributed by atoms with Gasteiger partial charge in [-0.15, -0.1) is 0 Å². The van der Waals surface area contributed by atoms with E-state index in [2.05, 4.69) is 4.98 Å². The van der Waals surface area contributed by atoms with Crippen molar-refractivity contribution in [2.45, 2.75) is 25.3 Å². The molecule has 1 aliphatic rings. The molecule has 1 saturated heterocycles. The third kappa shape index (κ3) is 3.05. The number of carbonyl (C=O) groups is 1. The van der Waals surface area contributed by atoms with Gasteiger partial charge in [-0.1, -0.05) is 36.5 Å². The number of likely N-dealkylation sites (tertiary alicyclic amines) is 1. The van der Waals surface area contributed by atoms with Crippen LogP contribution in [0.2, 0.25) is 0 Å². The van der Waals surface area contributed by atoms with Crippen LogP contribution >= 0.6 is 12.2 Å². The molecule has 0 bridgehead atoms. The van der Waals surface area contributed by atoms with E-state index in [-0.39, 0.29) is 11.9 Å². The fraction of sp³-hybridized carbons (Fsp3) is 0.294. The Morgan fingerprint density at radius 3 is 2.67 bits per heavy atom. The Morgan fingerprint density at radius 2 is 1.95 bits per heavy atom. The highest BCUT2D eigenvalue weighted by molar-refractivity contribution is 7.71. The molecule has 0 aliphatic carbocycles. The molecule has 1 N–H and O–H groups in total. The SMILES string of the molecule is O=C(c1ccccc1)N1CCCC[C@@H]1c1ccc(=S)[nH]c1. The molecule has 2 heterocycles.